The van der Waals surface area contributed by atoms with Gasteiger partial charge >= 0.3 is 6.36 Å². The van der Waals surface area contributed by atoms with Crippen molar-refractivity contribution in [2.24, 2.45) is 17.6 Å². The number of ether oxygens (including phenoxy) is 1. The van der Waals surface area contributed by atoms with Crippen LogP contribution in [0.2, 0.25) is 0 Å². The third-order valence-corrected chi connectivity index (χ3v) is 4.33. The Bertz CT molecular complexity index is 492. The van der Waals surface area contributed by atoms with E-state index in [4.69, 9.17) is 5.73 Å². The number of alkyl halides is 3. The molecular formula is C14H17F3N2O. The summed E-state index contributed by atoms with van der Waals surface area (Å²) in [6, 6.07) is 6.39. The second kappa shape index (κ2) is 4.84. The first-order valence-corrected chi connectivity index (χ1v) is 6.79. The molecule has 0 spiro atoms. The van der Waals surface area contributed by atoms with Crippen LogP contribution in [0.25, 0.3) is 0 Å². The van der Waals surface area contributed by atoms with E-state index in [-0.39, 0.29) is 11.8 Å². The fourth-order valence-corrected chi connectivity index (χ4v) is 3.40. The second-order valence-corrected chi connectivity index (χ2v) is 5.62. The SMILES string of the molecule is N[C@H]1CC[C@@H]2CN(c3cccc(OC(F)(F)F)c3)C[C@@H]21. The Morgan fingerprint density at radius 2 is 2.00 bits per heavy atom. The van der Waals surface area contributed by atoms with Gasteiger partial charge in [-0.25, -0.2) is 0 Å². The lowest BCUT2D eigenvalue weighted by Gasteiger charge is -2.21. The number of nitrogens with zero attached hydrogens (tertiary/aromatic N) is 1. The molecule has 3 nitrogen and oxygen atoms in total. The van der Waals surface area contributed by atoms with Crippen molar-refractivity contribution >= 4 is 5.69 Å². The Hall–Kier alpha value is -1.43. The number of rotatable bonds is 2. The lowest BCUT2D eigenvalue weighted by molar-refractivity contribution is -0.274. The lowest BCUT2D eigenvalue weighted by Crippen LogP contribution is -2.30. The van der Waals surface area contributed by atoms with Crippen LogP contribution in [0.15, 0.2) is 24.3 Å². The summed E-state index contributed by atoms with van der Waals surface area (Å²) < 4.78 is 40.7. The minimum atomic E-state index is -4.65. The van der Waals surface area contributed by atoms with E-state index in [9.17, 15) is 13.2 Å². The topological polar surface area (TPSA) is 38.5 Å². The van der Waals surface area contributed by atoms with Gasteiger partial charge in [0.1, 0.15) is 5.75 Å². The highest BCUT2D eigenvalue weighted by Gasteiger charge is 2.41. The molecule has 2 aliphatic rings. The highest BCUT2D eigenvalue weighted by atomic mass is 19.4. The molecule has 2 fully saturated rings. The average Bonchev–Trinajstić information content (AvgIpc) is 2.90. The van der Waals surface area contributed by atoms with Gasteiger partial charge in [-0.05, 0) is 36.8 Å². The third kappa shape index (κ3) is 2.70. The van der Waals surface area contributed by atoms with Crippen LogP contribution in [0.1, 0.15) is 12.8 Å². The summed E-state index contributed by atoms with van der Waals surface area (Å²) >= 11 is 0. The molecule has 0 radical (unpaired) electrons. The van der Waals surface area contributed by atoms with Gasteiger partial charge in [-0.1, -0.05) is 6.07 Å². The predicted octanol–water partition coefficient (Wildman–Crippen LogP) is 2.76. The summed E-state index contributed by atoms with van der Waals surface area (Å²) in [6.07, 6.45) is -2.48. The molecule has 1 heterocycles. The van der Waals surface area contributed by atoms with Gasteiger partial charge in [0, 0.05) is 30.9 Å². The Kier molecular flexibility index (Phi) is 3.28. The van der Waals surface area contributed by atoms with Crippen molar-refractivity contribution in [2.45, 2.75) is 25.2 Å². The van der Waals surface area contributed by atoms with Gasteiger partial charge in [0.15, 0.2) is 0 Å². The molecule has 3 rings (SSSR count). The van der Waals surface area contributed by atoms with Gasteiger partial charge < -0.3 is 15.4 Å². The molecule has 1 aromatic rings. The molecule has 0 aromatic heterocycles. The minimum absolute atomic E-state index is 0.170. The zero-order chi connectivity index (χ0) is 14.3. The van der Waals surface area contributed by atoms with Crippen molar-refractivity contribution < 1.29 is 17.9 Å². The van der Waals surface area contributed by atoms with Crippen LogP contribution in [0, 0.1) is 11.8 Å². The number of nitrogens with two attached hydrogens (primary N) is 1. The van der Waals surface area contributed by atoms with Crippen LogP contribution in [0.4, 0.5) is 18.9 Å². The molecule has 1 aliphatic heterocycles. The molecule has 1 aromatic carbocycles. The smallest absolute Gasteiger partial charge is 0.406 e. The van der Waals surface area contributed by atoms with Crippen LogP contribution in [-0.2, 0) is 0 Å². The highest BCUT2D eigenvalue weighted by Crippen LogP contribution is 2.39. The highest BCUT2D eigenvalue weighted by molar-refractivity contribution is 5.52. The fraction of sp³-hybridized carbons (Fsp3) is 0.571. The number of hydrogen-bond donors (Lipinski definition) is 1. The summed E-state index contributed by atoms with van der Waals surface area (Å²) in [7, 11) is 0. The molecule has 1 saturated heterocycles. The number of fused-ring (bicyclic) bond motifs is 1. The molecule has 0 unspecified atom stereocenters. The zero-order valence-corrected chi connectivity index (χ0v) is 10.9. The molecule has 3 atom stereocenters. The van der Waals surface area contributed by atoms with Crippen LogP contribution in [0.5, 0.6) is 5.75 Å². The van der Waals surface area contributed by atoms with E-state index in [0.717, 1.165) is 31.6 Å². The van der Waals surface area contributed by atoms with E-state index in [2.05, 4.69) is 9.64 Å². The van der Waals surface area contributed by atoms with Gasteiger partial charge in [0.25, 0.3) is 0 Å². The molecule has 20 heavy (non-hydrogen) atoms. The Morgan fingerprint density at radius 1 is 1.20 bits per heavy atom. The van der Waals surface area contributed by atoms with E-state index in [1.807, 2.05) is 6.07 Å². The van der Waals surface area contributed by atoms with Crippen molar-refractivity contribution in [3.63, 3.8) is 0 Å². The largest absolute Gasteiger partial charge is 0.573 e. The van der Waals surface area contributed by atoms with E-state index in [1.54, 1.807) is 6.07 Å². The first-order chi connectivity index (χ1) is 9.42. The van der Waals surface area contributed by atoms with E-state index >= 15 is 0 Å². The first-order valence-electron chi connectivity index (χ1n) is 6.79. The zero-order valence-electron chi connectivity index (χ0n) is 10.9. The molecule has 1 saturated carbocycles. The predicted molar refractivity (Wildman–Crippen MR) is 69.5 cm³/mol. The molecule has 110 valence electrons. The lowest BCUT2D eigenvalue weighted by atomic mass is 9.98. The minimum Gasteiger partial charge on any atom is -0.406 e. The van der Waals surface area contributed by atoms with Crippen LogP contribution < -0.4 is 15.4 Å². The van der Waals surface area contributed by atoms with E-state index in [0.29, 0.717) is 11.8 Å². The maximum Gasteiger partial charge on any atom is 0.573 e. The Labute approximate surface area is 115 Å². The van der Waals surface area contributed by atoms with E-state index < -0.39 is 6.36 Å². The number of benzene rings is 1. The van der Waals surface area contributed by atoms with Crippen molar-refractivity contribution in [1.82, 2.24) is 0 Å². The number of halogens is 3. The molecule has 6 heteroatoms. The fourth-order valence-electron chi connectivity index (χ4n) is 3.40. The molecule has 2 N–H and O–H groups in total. The number of hydrogen-bond acceptors (Lipinski definition) is 3. The van der Waals surface area contributed by atoms with Crippen LogP contribution in [0.3, 0.4) is 0 Å². The van der Waals surface area contributed by atoms with Gasteiger partial charge in [-0.15, -0.1) is 13.2 Å². The summed E-state index contributed by atoms with van der Waals surface area (Å²) in [5.74, 6) is 0.857. The van der Waals surface area contributed by atoms with Gasteiger partial charge in [0.2, 0.25) is 0 Å². The normalized spacial score (nSPS) is 29.6. The summed E-state index contributed by atoms with van der Waals surface area (Å²) in [4.78, 5) is 2.11. The molecular weight excluding hydrogens is 269 g/mol. The van der Waals surface area contributed by atoms with Gasteiger partial charge in [-0.3, -0.25) is 0 Å². The van der Waals surface area contributed by atoms with Crippen molar-refractivity contribution in [2.75, 3.05) is 18.0 Å². The van der Waals surface area contributed by atoms with Gasteiger partial charge in [-0.2, -0.15) is 0 Å². The Morgan fingerprint density at radius 3 is 2.70 bits per heavy atom. The average molecular weight is 286 g/mol. The maximum absolute atomic E-state index is 12.2. The monoisotopic (exact) mass is 286 g/mol. The van der Waals surface area contributed by atoms with Crippen molar-refractivity contribution in [3.8, 4) is 5.75 Å². The molecule has 1 aliphatic carbocycles. The van der Waals surface area contributed by atoms with Gasteiger partial charge in [0.05, 0.1) is 0 Å². The second-order valence-electron chi connectivity index (χ2n) is 5.62. The summed E-state index contributed by atoms with van der Waals surface area (Å²) in [5.41, 5.74) is 6.84. The maximum atomic E-state index is 12.2. The van der Waals surface area contributed by atoms with Crippen LogP contribution in [-0.4, -0.2) is 25.5 Å². The molecule has 0 bridgehead atoms. The molecule has 0 amide bonds. The third-order valence-electron chi connectivity index (χ3n) is 4.33. The Balaban J connectivity index is 1.74. The standard InChI is InChI=1S/C14H17F3N2O/c15-14(16,17)20-11-3-1-2-10(6-11)19-7-9-4-5-13(18)12(9)8-19/h1-3,6,9,12-13H,4-5,7-8,18H2/t9-,12+,13+/m1/s1. The summed E-state index contributed by atoms with van der Waals surface area (Å²) in [5, 5.41) is 0. The first kappa shape index (κ1) is 13.5. The van der Waals surface area contributed by atoms with Crippen molar-refractivity contribution in [1.29, 1.82) is 0 Å². The quantitative estimate of drug-likeness (QED) is 0.908. The number of anilines is 1. The van der Waals surface area contributed by atoms with E-state index in [1.165, 1.54) is 12.1 Å². The van der Waals surface area contributed by atoms with Crippen LogP contribution >= 0.6 is 0 Å². The summed E-state index contributed by atoms with van der Waals surface area (Å²) in [6.45, 7) is 1.69. The van der Waals surface area contributed by atoms with Crippen molar-refractivity contribution in [3.05, 3.63) is 24.3 Å².